The molecule has 0 aliphatic heterocycles. The molecule has 0 atom stereocenters. The van der Waals surface area contributed by atoms with Crippen molar-refractivity contribution in [3.8, 4) is 28.4 Å². The topological polar surface area (TPSA) is 44.8 Å². The first-order valence-corrected chi connectivity index (χ1v) is 12.5. The van der Waals surface area contributed by atoms with Crippen molar-refractivity contribution >= 4 is 5.97 Å². The van der Waals surface area contributed by atoms with Gasteiger partial charge in [-0.25, -0.2) is 8.78 Å². The summed E-state index contributed by atoms with van der Waals surface area (Å²) in [4.78, 5) is 12.6. The van der Waals surface area contributed by atoms with Crippen LogP contribution >= 0.6 is 0 Å². The largest absolute Gasteiger partial charge is 0.491 e. The first kappa shape index (κ1) is 27.4. The summed E-state index contributed by atoms with van der Waals surface area (Å²) in [5, 5.41) is 0. The molecule has 9 heteroatoms. The van der Waals surface area contributed by atoms with Crippen LogP contribution in [0.4, 0.5) is 22.0 Å². The Morgan fingerprint density at radius 3 is 1.89 bits per heavy atom. The van der Waals surface area contributed by atoms with Crippen molar-refractivity contribution in [3.63, 3.8) is 0 Å². The maximum Gasteiger partial charge on any atom is 0.314 e. The van der Waals surface area contributed by atoms with Gasteiger partial charge in [0, 0.05) is 5.56 Å². The van der Waals surface area contributed by atoms with E-state index in [1.807, 2.05) is 0 Å². The lowest BCUT2D eigenvalue weighted by Crippen LogP contribution is -2.25. The zero-order valence-corrected chi connectivity index (χ0v) is 21.0. The van der Waals surface area contributed by atoms with Crippen LogP contribution in [-0.4, -0.2) is 19.2 Å². The van der Waals surface area contributed by atoms with Crippen LogP contribution in [0.25, 0.3) is 11.1 Å². The van der Waals surface area contributed by atoms with Gasteiger partial charge in [-0.05, 0) is 86.9 Å². The minimum absolute atomic E-state index is 0.0826. The summed E-state index contributed by atoms with van der Waals surface area (Å²) in [6.07, 6.45) is 1.65. The predicted octanol–water partition coefficient (Wildman–Crippen LogP) is 7.73. The number of hydrogen-bond acceptors (Lipinski definition) is 4. The predicted molar refractivity (Wildman–Crippen MR) is 131 cm³/mol. The average molecular weight is 535 g/mol. The number of ether oxygens (including phenoxy) is 3. The molecule has 1 aliphatic rings. The van der Waals surface area contributed by atoms with Gasteiger partial charge in [-0.2, -0.15) is 13.2 Å². The molecule has 1 fully saturated rings. The molecule has 0 heterocycles. The fourth-order valence-electron chi connectivity index (χ4n) is 4.74. The fraction of sp³-hybridized carbons (Fsp3) is 0.345. The Kier molecular flexibility index (Phi) is 8.54. The van der Waals surface area contributed by atoms with Crippen LogP contribution in [0.2, 0.25) is 0 Å². The first-order chi connectivity index (χ1) is 18.2. The van der Waals surface area contributed by atoms with Crippen molar-refractivity contribution in [2.75, 3.05) is 13.2 Å². The molecule has 0 N–H and O–H groups in total. The summed E-state index contributed by atoms with van der Waals surface area (Å²) in [6.45, 7) is 3.61. The van der Waals surface area contributed by atoms with Crippen LogP contribution < -0.4 is 14.2 Å². The molecule has 202 valence electrons. The lowest BCUT2D eigenvalue weighted by Gasteiger charge is -2.28. The standard InChI is InChI=1S/C29H27F5O4/c1-3-36-22-12-11-20(25(31)26(22)32)18-9-10-19(21(30)15-18)16-5-7-17(8-6-16)29(35)38-24-14-13-23(37-4-2)27(33)28(24)34/h9-17H,3-8H2,1-2H3. The van der Waals surface area contributed by atoms with Gasteiger partial charge in [0.2, 0.25) is 17.5 Å². The Morgan fingerprint density at radius 2 is 1.29 bits per heavy atom. The van der Waals surface area contributed by atoms with Crippen molar-refractivity contribution in [1.82, 2.24) is 0 Å². The second kappa shape index (κ2) is 11.8. The van der Waals surface area contributed by atoms with Crippen LogP contribution in [-0.2, 0) is 4.79 Å². The molecule has 38 heavy (non-hydrogen) atoms. The molecule has 1 aliphatic carbocycles. The molecular formula is C29H27F5O4. The molecule has 0 amide bonds. The highest BCUT2D eigenvalue weighted by Crippen LogP contribution is 2.39. The number of esters is 1. The Hall–Kier alpha value is -3.62. The number of rotatable bonds is 8. The van der Waals surface area contributed by atoms with Gasteiger partial charge in [-0.15, -0.1) is 0 Å². The van der Waals surface area contributed by atoms with E-state index in [1.54, 1.807) is 19.9 Å². The highest BCUT2D eigenvalue weighted by atomic mass is 19.2. The van der Waals surface area contributed by atoms with E-state index in [-0.39, 0.29) is 41.8 Å². The average Bonchev–Trinajstić information content (AvgIpc) is 2.91. The van der Waals surface area contributed by atoms with Gasteiger partial charge in [0.05, 0.1) is 19.1 Å². The maximum atomic E-state index is 15.0. The SMILES string of the molecule is CCOc1ccc(OC(=O)C2CCC(c3ccc(-c4ccc(OCC)c(F)c4F)cc3F)CC2)c(F)c1F. The van der Waals surface area contributed by atoms with Crippen LogP contribution in [0.5, 0.6) is 17.2 Å². The fourth-order valence-corrected chi connectivity index (χ4v) is 4.74. The summed E-state index contributed by atoms with van der Waals surface area (Å²) in [7, 11) is 0. The van der Waals surface area contributed by atoms with Gasteiger partial charge in [0.25, 0.3) is 0 Å². The number of hydrogen-bond donors (Lipinski definition) is 0. The molecule has 0 bridgehead atoms. The Balaban J connectivity index is 1.41. The third kappa shape index (κ3) is 5.61. The Bertz CT molecular complexity index is 1320. The molecule has 3 aromatic rings. The zero-order valence-electron chi connectivity index (χ0n) is 21.0. The molecule has 0 spiro atoms. The van der Waals surface area contributed by atoms with E-state index < -0.39 is 46.7 Å². The number of carbonyl (C=O) groups excluding carboxylic acids is 1. The van der Waals surface area contributed by atoms with Gasteiger partial charge in [0.15, 0.2) is 23.1 Å². The van der Waals surface area contributed by atoms with Crippen molar-refractivity contribution in [1.29, 1.82) is 0 Å². The molecule has 0 aromatic heterocycles. The van der Waals surface area contributed by atoms with Gasteiger partial charge in [0.1, 0.15) is 5.82 Å². The van der Waals surface area contributed by atoms with Crippen LogP contribution in [0.1, 0.15) is 51.0 Å². The van der Waals surface area contributed by atoms with Crippen molar-refractivity contribution in [3.05, 3.63) is 77.1 Å². The third-order valence-corrected chi connectivity index (χ3v) is 6.68. The lowest BCUT2D eigenvalue weighted by molar-refractivity contribution is -0.140. The molecular weight excluding hydrogens is 507 g/mol. The van der Waals surface area contributed by atoms with Crippen LogP contribution in [0.3, 0.4) is 0 Å². The van der Waals surface area contributed by atoms with E-state index in [0.717, 1.165) is 12.1 Å². The molecule has 3 aromatic carbocycles. The van der Waals surface area contributed by atoms with Crippen molar-refractivity contribution < 1.29 is 41.0 Å². The van der Waals surface area contributed by atoms with Crippen molar-refractivity contribution in [2.45, 2.75) is 45.4 Å². The van der Waals surface area contributed by atoms with E-state index in [9.17, 15) is 22.4 Å². The summed E-state index contributed by atoms with van der Waals surface area (Å²) >= 11 is 0. The number of halogens is 5. The molecule has 0 radical (unpaired) electrons. The first-order valence-electron chi connectivity index (χ1n) is 12.5. The molecule has 4 rings (SSSR count). The van der Waals surface area contributed by atoms with Gasteiger partial charge >= 0.3 is 5.97 Å². The number of benzene rings is 3. The van der Waals surface area contributed by atoms with Crippen molar-refractivity contribution in [2.24, 2.45) is 5.92 Å². The number of carbonyl (C=O) groups is 1. The molecule has 1 saturated carbocycles. The third-order valence-electron chi connectivity index (χ3n) is 6.68. The summed E-state index contributed by atoms with van der Waals surface area (Å²) in [5.41, 5.74) is 0.514. The molecule has 0 unspecified atom stereocenters. The van der Waals surface area contributed by atoms with Crippen LogP contribution in [0.15, 0.2) is 42.5 Å². The van der Waals surface area contributed by atoms with E-state index in [4.69, 9.17) is 14.2 Å². The smallest absolute Gasteiger partial charge is 0.314 e. The van der Waals surface area contributed by atoms with Gasteiger partial charge in [-0.1, -0.05) is 12.1 Å². The zero-order chi connectivity index (χ0) is 27.4. The summed E-state index contributed by atoms with van der Waals surface area (Å²) in [5.74, 6) is -7.78. The highest BCUT2D eigenvalue weighted by Gasteiger charge is 2.31. The molecule has 0 saturated heterocycles. The highest BCUT2D eigenvalue weighted by molar-refractivity contribution is 5.75. The molecule has 4 nitrogen and oxygen atoms in total. The minimum Gasteiger partial charge on any atom is -0.491 e. The monoisotopic (exact) mass is 534 g/mol. The summed E-state index contributed by atoms with van der Waals surface area (Å²) < 4.78 is 87.4. The maximum absolute atomic E-state index is 15.0. The quantitative estimate of drug-likeness (QED) is 0.169. The van der Waals surface area contributed by atoms with E-state index >= 15 is 4.39 Å². The Morgan fingerprint density at radius 1 is 0.737 bits per heavy atom. The van der Waals surface area contributed by atoms with E-state index in [2.05, 4.69) is 0 Å². The normalized spacial score (nSPS) is 17.2. The van der Waals surface area contributed by atoms with Crippen LogP contribution in [0, 0.1) is 35.0 Å². The van der Waals surface area contributed by atoms with E-state index in [0.29, 0.717) is 31.2 Å². The second-order valence-electron chi connectivity index (χ2n) is 9.00. The summed E-state index contributed by atoms with van der Waals surface area (Å²) in [6, 6.07) is 9.21. The minimum atomic E-state index is -1.30. The lowest BCUT2D eigenvalue weighted by atomic mass is 9.78. The van der Waals surface area contributed by atoms with E-state index in [1.165, 1.54) is 24.3 Å². The van der Waals surface area contributed by atoms with Gasteiger partial charge < -0.3 is 14.2 Å². The second-order valence-corrected chi connectivity index (χ2v) is 9.00. The van der Waals surface area contributed by atoms with Gasteiger partial charge in [-0.3, -0.25) is 4.79 Å². The Labute approximate surface area is 217 Å².